The molecule has 1 aromatic heterocycles. The SMILES string of the molecule is COc1cc(N)ccc1-n1nnnc1-c1ccccc1. The molecule has 0 bridgehead atoms. The molecule has 0 aliphatic heterocycles. The van der Waals surface area contributed by atoms with E-state index in [0.717, 1.165) is 11.3 Å². The summed E-state index contributed by atoms with van der Waals surface area (Å²) in [6, 6.07) is 15.1. The van der Waals surface area contributed by atoms with Crippen molar-refractivity contribution in [3.05, 3.63) is 48.5 Å². The maximum atomic E-state index is 5.76. The molecule has 0 aliphatic rings. The van der Waals surface area contributed by atoms with Crippen molar-refractivity contribution in [3.8, 4) is 22.8 Å². The normalized spacial score (nSPS) is 10.4. The first kappa shape index (κ1) is 12.2. The summed E-state index contributed by atoms with van der Waals surface area (Å²) in [5, 5.41) is 11.9. The van der Waals surface area contributed by atoms with Crippen molar-refractivity contribution < 1.29 is 4.74 Å². The Morgan fingerprint density at radius 3 is 2.65 bits per heavy atom. The highest BCUT2D eigenvalue weighted by molar-refractivity contribution is 5.61. The van der Waals surface area contributed by atoms with Crippen LogP contribution in [0.5, 0.6) is 5.75 Å². The smallest absolute Gasteiger partial charge is 0.187 e. The maximum absolute atomic E-state index is 5.76. The molecule has 0 atom stereocenters. The molecule has 20 heavy (non-hydrogen) atoms. The fourth-order valence-electron chi connectivity index (χ4n) is 1.99. The summed E-state index contributed by atoms with van der Waals surface area (Å²) in [4.78, 5) is 0. The first-order valence-electron chi connectivity index (χ1n) is 6.07. The largest absolute Gasteiger partial charge is 0.494 e. The van der Waals surface area contributed by atoms with Crippen LogP contribution in [-0.2, 0) is 0 Å². The van der Waals surface area contributed by atoms with E-state index in [4.69, 9.17) is 10.5 Å². The highest BCUT2D eigenvalue weighted by atomic mass is 16.5. The summed E-state index contributed by atoms with van der Waals surface area (Å²) < 4.78 is 6.98. The number of benzene rings is 2. The third-order valence-corrected chi connectivity index (χ3v) is 2.93. The third-order valence-electron chi connectivity index (χ3n) is 2.93. The molecule has 6 heteroatoms. The molecule has 0 saturated heterocycles. The van der Waals surface area contributed by atoms with E-state index in [-0.39, 0.29) is 0 Å². The molecule has 0 spiro atoms. The van der Waals surface area contributed by atoms with Crippen LogP contribution in [0.1, 0.15) is 0 Å². The van der Waals surface area contributed by atoms with Gasteiger partial charge < -0.3 is 10.5 Å². The highest BCUT2D eigenvalue weighted by Gasteiger charge is 2.14. The van der Waals surface area contributed by atoms with Gasteiger partial charge >= 0.3 is 0 Å². The molecule has 0 unspecified atom stereocenters. The number of rotatable bonds is 3. The van der Waals surface area contributed by atoms with Crippen molar-refractivity contribution in [2.24, 2.45) is 0 Å². The van der Waals surface area contributed by atoms with Crippen molar-refractivity contribution in [2.45, 2.75) is 0 Å². The van der Waals surface area contributed by atoms with Gasteiger partial charge in [0, 0.05) is 17.3 Å². The van der Waals surface area contributed by atoms with Gasteiger partial charge in [-0.05, 0) is 22.6 Å². The predicted molar refractivity (Wildman–Crippen MR) is 75.6 cm³/mol. The molecule has 3 aromatic rings. The zero-order valence-electron chi connectivity index (χ0n) is 10.9. The van der Waals surface area contributed by atoms with Crippen molar-refractivity contribution in [3.63, 3.8) is 0 Å². The van der Waals surface area contributed by atoms with Crippen LogP contribution in [0.15, 0.2) is 48.5 Å². The van der Waals surface area contributed by atoms with Gasteiger partial charge in [-0.2, -0.15) is 4.68 Å². The molecule has 0 amide bonds. The van der Waals surface area contributed by atoms with Gasteiger partial charge in [0.15, 0.2) is 5.82 Å². The van der Waals surface area contributed by atoms with Crippen molar-refractivity contribution >= 4 is 5.69 Å². The van der Waals surface area contributed by atoms with E-state index in [1.165, 1.54) is 0 Å². The van der Waals surface area contributed by atoms with E-state index >= 15 is 0 Å². The molecule has 0 fully saturated rings. The predicted octanol–water partition coefficient (Wildman–Crippen LogP) is 1.92. The van der Waals surface area contributed by atoms with Crippen LogP contribution in [0.4, 0.5) is 5.69 Å². The van der Waals surface area contributed by atoms with Gasteiger partial charge in [-0.3, -0.25) is 0 Å². The lowest BCUT2D eigenvalue weighted by Gasteiger charge is -2.10. The number of ether oxygens (including phenoxy) is 1. The van der Waals surface area contributed by atoms with E-state index in [9.17, 15) is 0 Å². The van der Waals surface area contributed by atoms with E-state index in [1.807, 2.05) is 36.4 Å². The number of hydrogen-bond acceptors (Lipinski definition) is 5. The molecule has 100 valence electrons. The Bertz CT molecular complexity index is 723. The standard InChI is InChI=1S/C14H13N5O/c1-20-13-9-11(15)7-8-12(13)19-14(16-17-18-19)10-5-3-2-4-6-10/h2-9H,15H2,1H3. The Balaban J connectivity index is 2.15. The van der Waals surface area contributed by atoms with Crippen LogP contribution in [0.25, 0.3) is 17.1 Å². The molecule has 0 saturated carbocycles. The van der Waals surface area contributed by atoms with Crippen molar-refractivity contribution in [2.75, 3.05) is 12.8 Å². The lowest BCUT2D eigenvalue weighted by molar-refractivity contribution is 0.412. The first-order chi connectivity index (χ1) is 9.79. The van der Waals surface area contributed by atoms with E-state index in [2.05, 4.69) is 15.5 Å². The van der Waals surface area contributed by atoms with Crippen LogP contribution in [-0.4, -0.2) is 27.3 Å². The minimum atomic E-state index is 0.620. The highest BCUT2D eigenvalue weighted by Crippen LogP contribution is 2.27. The van der Waals surface area contributed by atoms with Gasteiger partial charge in [-0.25, -0.2) is 0 Å². The molecule has 0 aliphatic carbocycles. The zero-order chi connectivity index (χ0) is 13.9. The summed E-state index contributed by atoms with van der Waals surface area (Å²) >= 11 is 0. The van der Waals surface area contributed by atoms with Gasteiger partial charge in [0.05, 0.1) is 7.11 Å². The van der Waals surface area contributed by atoms with Crippen molar-refractivity contribution in [1.82, 2.24) is 20.2 Å². The van der Waals surface area contributed by atoms with Gasteiger partial charge in [-0.15, -0.1) is 5.10 Å². The monoisotopic (exact) mass is 267 g/mol. The van der Waals surface area contributed by atoms with Crippen LogP contribution in [0.2, 0.25) is 0 Å². The minimum Gasteiger partial charge on any atom is -0.494 e. The molecule has 2 N–H and O–H groups in total. The van der Waals surface area contributed by atoms with Crippen LogP contribution in [0.3, 0.4) is 0 Å². The zero-order valence-corrected chi connectivity index (χ0v) is 10.9. The summed E-state index contributed by atoms with van der Waals surface area (Å²) in [6.45, 7) is 0. The summed E-state index contributed by atoms with van der Waals surface area (Å²) in [5.74, 6) is 1.27. The number of anilines is 1. The summed E-state index contributed by atoms with van der Waals surface area (Å²) in [5.41, 5.74) is 8.06. The number of nitrogens with zero attached hydrogens (tertiary/aromatic N) is 4. The second-order valence-electron chi connectivity index (χ2n) is 4.21. The Morgan fingerprint density at radius 2 is 1.90 bits per heavy atom. The Hall–Kier alpha value is -2.89. The lowest BCUT2D eigenvalue weighted by Crippen LogP contribution is -2.03. The van der Waals surface area contributed by atoms with Gasteiger partial charge in [0.1, 0.15) is 11.4 Å². The number of hydrogen-bond donors (Lipinski definition) is 1. The molecule has 2 aromatic carbocycles. The van der Waals surface area contributed by atoms with E-state index in [0.29, 0.717) is 17.3 Å². The quantitative estimate of drug-likeness (QED) is 0.733. The Kier molecular flexibility index (Phi) is 3.04. The second-order valence-corrected chi connectivity index (χ2v) is 4.21. The van der Waals surface area contributed by atoms with Crippen LogP contribution < -0.4 is 10.5 Å². The third kappa shape index (κ3) is 2.07. The molecular weight excluding hydrogens is 254 g/mol. The minimum absolute atomic E-state index is 0.620. The van der Waals surface area contributed by atoms with Crippen LogP contribution in [0, 0.1) is 0 Å². The maximum Gasteiger partial charge on any atom is 0.187 e. The lowest BCUT2D eigenvalue weighted by atomic mass is 10.2. The summed E-state index contributed by atoms with van der Waals surface area (Å²) in [6.07, 6.45) is 0. The Labute approximate surface area is 115 Å². The fraction of sp³-hybridized carbons (Fsp3) is 0.0714. The van der Waals surface area contributed by atoms with E-state index in [1.54, 1.807) is 23.9 Å². The van der Waals surface area contributed by atoms with Gasteiger partial charge in [0.25, 0.3) is 0 Å². The molecular formula is C14H13N5O. The Morgan fingerprint density at radius 1 is 1.10 bits per heavy atom. The number of nitrogens with two attached hydrogens (primary N) is 1. The van der Waals surface area contributed by atoms with Crippen molar-refractivity contribution in [1.29, 1.82) is 0 Å². The molecule has 3 rings (SSSR count). The molecule has 0 radical (unpaired) electrons. The fourth-order valence-corrected chi connectivity index (χ4v) is 1.99. The average Bonchev–Trinajstić information content (AvgIpc) is 2.97. The first-order valence-corrected chi connectivity index (χ1v) is 6.07. The number of methoxy groups -OCH3 is 1. The average molecular weight is 267 g/mol. The van der Waals surface area contributed by atoms with Gasteiger partial charge in [0.2, 0.25) is 0 Å². The second kappa shape index (κ2) is 5.00. The topological polar surface area (TPSA) is 78.9 Å². The molecule has 1 heterocycles. The summed E-state index contributed by atoms with van der Waals surface area (Å²) in [7, 11) is 1.59. The number of tetrazole rings is 1. The van der Waals surface area contributed by atoms with Crippen LogP contribution >= 0.6 is 0 Å². The van der Waals surface area contributed by atoms with E-state index < -0.39 is 0 Å². The number of nitrogen functional groups attached to an aromatic ring is 1. The van der Waals surface area contributed by atoms with Gasteiger partial charge in [-0.1, -0.05) is 30.3 Å². The number of aromatic nitrogens is 4. The molecule has 6 nitrogen and oxygen atoms in total.